The Kier molecular flexibility index (Phi) is 7.54. The Morgan fingerprint density at radius 1 is 1.34 bits per heavy atom. The van der Waals surface area contributed by atoms with Crippen LogP contribution >= 0.6 is 23.5 Å². The SMILES string of the molecule is C=CCSC1CC(=O)N1C(C(=O)O)=C(Oc1ccc(F)cc1)SC(=O)C(C)(C)C. The molecule has 0 saturated carbocycles. The molecule has 1 aliphatic heterocycles. The topological polar surface area (TPSA) is 83.9 Å². The number of likely N-dealkylation sites (tertiary alicyclic amines) is 1. The highest BCUT2D eigenvalue weighted by Gasteiger charge is 2.44. The molecule has 6 nitrogen and oxygen atoms in total. The molecule has 0 aliphatic carbocycles. The molecule has 1 aromatic carbocycles. The second-order valence-electron chi connectivity index (χ2n) is 7.18. The zero-order chi connectivity index (χ0) is 21.8. The number of hydrogen-bond acceptors (Lipinski definition) is 6. The summed E-state index contributed by atoms with van der Waals surface area (Å²) in [7, 11) is 0. The van der Waals surface area contributed by atoms with Gasteiger partial charge in [-0.15, -0.1) is 18.3 Å². The zero-order valence-electron chi connectivity index (χ0n) is 16.3. The van der Waals surface area contributed by atoms with Gasteiger partial charge < -0.3 is 9.84 Å². The number of rotatable bonds is 8. The molecule has 1 fully saturated rings. The second-order valence-corrected chi connectivity index (χ2v) is 9.34. The summed E-state index contributed by atoms with van der Waals surface area (Å²) in [6, 6.07) is 4.94. The van der Waals surface area contributed by atoms with Gasteiger partial charge >= 0.3 is 5.97 Å². The van der Waals surface area contributed by atoms with E-state index in [1.54, 1.807) is 26.8 Å². The number of carboxylic acid groups (broad SMARTS) is 1. The highest BCUT2D eigenvalue weighted by atomic mass is 32.2. The average molecular weight is 440 g/mol. The molecule has 0 radical (unpaired) electrons. The van der Waals surface area contributed by atoms with Crippen molar-refractivity contribution in [2.45, 2.75) is 32.6 Å². The summed E-state index contributed by atoms with van der Waals surface area (Å²) < 4.78 is 18.9. The minimum absolute atomic E-state index is 0.151. The first-order valence-corrected chi connectivity index (χ1v) is 10.6. The molecule has 1 atom stereocenters. The van der Waals surface area contributed by atoms with Crippen LogP contribution in [0, 0.1) is 11.2 Å². The van der Waals surface area contributed by atoms with E-state index in [1.165, 1.54) is 23.9 Å². The lowest BCUT2D eigenvalue weighted by Crippen LogP contribution is -2.52. The second kappa shape index (κ2) is 9.49. The van der Waals surface area contributed by atoms with Crippen molar-refractivity contribution in [3.63, 3.8) is 0 Å². The van der Waals surface area contributed by atoms with Crippen molar-refractivity contribution in [2.24, 2.45) is 5.41 Å². The van der Waals surface area contributed by atoms with Gasteiger partial charge in [0.1, 0.15) is 11.6 Å². The van der Waals surface area contributed by atoms with Gasteiger partial charge in [0.2, 0.25) is 11.0 Å². The minimum Gasteiger partial charge on any atom is -0.476 e. The van der Waals surface area contributed by atoms with Gasteiger partial charge in [0, 0.05) is 11.2 Å². The zero-order valence-corrected chi connectivity index (χ0v) is 17.9. The van der Waals surface area contributed by atoms with Gasteiger partial charge in [-0.3, -0.25) is 14.5 Å². The number of benzene rings is 1. The van der Waals surface area contributed by atoms with Gasteiger partial charge in [-0.1, -0.05) is 26.8 Å². The molecule has 2 rings (SSSR count). The number of carbonyl (C=O) groups is 3. The highest BCUT2D eigenvalue weighted by Crippen LogP contribution is 2.39. The number of carbonyl (C=O) groups excluding carboxylic acids is 2. The van der Waals surface area contributed by atoms with Crippen LogP contribution in [-0.2, 0) is 14.4 Å². The number of aliphatic carboxylic acids is 1. The average Bonchev–Trinajstić information content (AvgIpc) is 2.63. The predicted octanol–water partition coefficient (Wildman–Crippen LogP) is 4.24. The van der Waals surface area contributed by atoms with Crippen LogP contribution in [0.15, 0.2) is 47.7 Å². The van der Waals surface area contributed by atoms with E-state index in [-0.39, 0.29) is 28.3 Å². The van der Waals surface area contributed by atoms with E-state index in [1.807, 2.05) is 0 Å². The number of amides is 1. The molecule has 1 aromatic rings. The van der Waals surface area contributed by atoms with Crippen molar-refractivity contribution < 1.29 is 28.6 Å². The Hall–Kier alpha value is -2.26. The summed E-state index contributed by atoms with van der Waals surface area (Å²) >= 11 is 1.97. The number of ether oxygens (including phenoxy) is 1. The van der Waals surface area contributed by atoms with Crippen molar-refractivity contribution in [1.82, 2.24) is 4.90 Å². The van der Waals surface area contributed by atoms with Gasteiger partial charge in [-0.2, -0.15) is 0 Å². The van der Waals surface area contributed by atoms with Crippen molar-refractivity contribution in [3.05, 3.63) is 53.5 Å². The van der Waals surface area contributed by atoms with E-state index in [9.17, 15) is 23.9 Å². The van der Waals surface area contributed by atoms with Gasteiger partial charge in [0.15, 0.2) is 10.8 Å². The number of nitrogens with zero attached hydrogens (tertiary/aromatic N) is 1. The fraction of sp³-hybridized carbons (Fsp3) is 0.350. The lowest BCUT2D eigenvalue weighted by atomic mass is 10.00. The van der Waals surface area contributed by atoms with Gasteiger partial charge in [0.25, 0.3) is 0 Å². The predicted molar refractivity (Wildman–Crippen MR) is 112 cm³/mol. The van der Waals surface area contributed by atoms with E-state index >= 15 is 0 Å². The standard InChI is InChI=1S/C20H22FNO5S2/c1-5-10-28-15-11-14(23)22(15)16(17(24)25)18(29-19(26)20(2,3)4)27-13-8-6-12(21)7-9-13/h5-9,15H,1,10-11H2,2-4H3,(H,24,25). The number of thioether (sulfide) groups is 2. The van der Waals surface area contributed by atoms with E-state index < -0.39 is 28.3 Å². The van der Waals surface area contributed by atoms with Crippen LogP contribution in [0.2, 0.25) is 0 Å². The molecule has 1 aliphatic rings. The first-order chi connectivity index (χ1) is 13.5. The summed E-state index contributed by atoms with van der Waals surface area (Å²) in [5, 5.41) is 8.86. The summed E-state index contributed by atoms with van der Waals surface area (Å²) in [6.07, 6.45) is 1.83. The molecular weight excluding hydrogens is 417 g/mol. The summed E-state index contributed by atoms with van der Waals surface area (Å²) in [5.74, 6) is -1.58. The third kappa shape index (κ3) is 5.86. The van der Waals surface area contributed by atoms with E-state index in [0.717, 1.165) is 17.0 Å². The van der Waals surface area contributed by atoms with Crippen molar-refractivity contribution in [1.29, 1.82) is 0 Å². The molecule has 0 spiro atoms. The van der Waals surface area contributed by atoms with E-state index in [4.69, 9.17) is 4.74 Å². The lowest BCUT2D eigenvalue weighted by Gasteiger charge is -2.40. The Morgan fingerprint density at radius 3 is 2.45 bits per heavy atom. The maximum Gasteiger partial charge on any atom is 0.357 e. The highest BCUT2D eigenvalue weighted by molar-refractivity contribution is 8.16. The fourth-order valence-electron chi connectivity index (χ4n) is 2.22. The van der Waals surface area contributed by atoms with E-state index in [2.05, 4.69) is 6.58 Å². The molecule has 1 unspecified atom stereocenters. The van der Waals surface area contributed by atoms with Gasteiger partial charge in [-0.05, 0) is 36.0 Å². The van der Waals surface area contributed by atoms with Crippen LogP contribution in [-0.4, -0.2) is 38.1 Å². The van der Waals surface area contributed by atoms with Crippen LogP contribution in [0.25, 0.3) is 0 Å². The summed E-state index contributed by atoms with van der Waals surface area (Å²) in [5.41, 5.74) is -1.18. The minimum atomic E-state index is -1.39. The number of β-lactam (4-membered cyclic amide) rings is 1. The van der Waals surface area contributed by atoms with Gasteiger partial charge in [-0.25, -0.2) is 9.18 Å². The number of carboxylic acids is 1. The smallest absolute Gasteiger partial charge is 0.357 e. The molecule has 1 saturated heterocycles. The normalized spacial score (nSPS) is 17.3. The Bertz CT molecular complexity index is 845. The van der Waals surface area contributed by atoms with Crippen LogP contribution in [0.4, 0.5) is 4.39 Å². The molecule has 0 bridgehead atoms. The van der Waals surface area contributed by atoms with Crippen LogP contribution < -0.4 is 4.74 Å². The van der Waals surface area contributed by atoms with Crippen molar-refractivity contribution in [3.8, 4) is 5.75 Å². The molecule has 156 valence electrons. The molecule has 9 heteroatoms. The van der Waals surface area contributed by atoms with E-state index in [0.29, 0.717) is 17.5 Å². The Morgan fingerprint density at radius 2 is 1.97 bits per heavy atom. The molecular formula is C20H22FNO5S2. The van der Waals surface area contributed by atoms with Crippen LogP contribution in [0.5, 0.6) is 5.75 Å². The third-order valence-electron chi connectivity index (χ3n) is 3.77. The van der Waals surface area contributed by atoms with Crippen LogP contribution in [0.1, 0.15) is 27.2 Å². The monoisotopic (exact) mass is 439 g/mol. The quantitative estimate of drug-likeness (QED) is 0.281. The lowest BCUT2D eigenvalue weighted by molar-refractivity contribution is -0.146. The molecule has 29 heavy (non-hydrogen) atoms. The van der Waals surface area contributed by atoms with Crippen LogP contribution in [0.3, 0.4) is 0 Å². The first kappa shape index (κ1) is 23.0. The van der Waals surface area contributed by atoms with Crippen molar-refractivity contribution >= 4 is 40.5 Å². The van der Waals surface area contributed by atoms with Gasteiger partial charge in [0.05, 0.1) is 11.8 Å². The maximum absolute atomic E-state index is 13.2. The number of hydrogen-bond donors (Lipinski definition) is 1. The third-order valence-corrected chi connectivity index (χ3v) is 6.22. The maximum atomic E-state index is 13.2. The largest absolute Gasteiger partial charge is 0.476 e. The fourth-order valence-corrected chi connectivity index (χ4v) is 4.11. The molecule has 0 aromatic heterocycles. The summed E-state index contributed by atoms with van der Waals surface area (Å²) in [6.45, 7) is 8.69. The first-order valence-electron chi connectivity index (χ1n) is 8.72. The van der Waals surface area contributed by atoms with Crippen molar-refractivity contribution in [2.75, 3.05) is 5.75 Å². The Labute approximate surface area is 177 Å². The number of halogens is 1. The molecule has 1 amide bonds. The molecule has 1 heterocycles. The Balaban J connectivity index is 2.49. The molecule has 1 N–H and O–H groups in total. The summed E-state index contributed by atoms with van der Waals surface area (Å²) in [4.78, 5) is 38.0.